The molecule has 0 fully saturated rings. The van der Waals surface area contributed by atoms with Crippen molar-refractivity contribution in [3.8, 4) is 11.5 Å². The summed E-state index contributed by atoms with van der Waals surface area (Å²) in [5.74, 6) is -0.483. The molecule has 0 saturated heterocycles. The Bertz CT molecular complexity index is 1330. The molecular formula is C32H28F2O2Zr. The number of fused-ring (bicyclic) bond motifs is 2. The number of phenolic OH excluding ortho intramolecular Hbond substituents is 2. The molecule has 0 aromatic heterocycles. The fourth-order valence-corrected chi connectivity index (χ4v) is 3.49. The van der Waals surface area contributed by atoms with E-state index in [4.69, 9.17) is 10.2 Å². The van der Waals surface area contributed by atoms with Crippen LogP contribution in [0.1, 0.15) is 11.1 Å². The third-order valence-electron chi connectivity index (χ3n) is 5.45. The molecule has 6 aromatic carbocycles. The van der Waals surface area contributed by atoms with Gasteiger partial charge in [-0.15, -0.1) is 69.1 Å². The topological polar surface area (TPSA) is 40.5 Å². The minimum Gasteiger partial charge on any atom is -0.508 e. The van der Waals surface area contributed by atoms with Crippen molar-refractivity contribution in [2.75, 3.05) is 0 Å². The smallest absolute Gasteiger partial charge is 0.508 e. The van der Waals surface area contributed by atoms with Gasteiger partial charge in [-0.05, 0) is 48.5 Å². The molecule has 6 aromatic rings. The van der Waals surface area contributed by atoms with Crippen LogP contribution >= 0.6 is 0 Å². The van der Waals surface area contributed by atoms with Gasteiger partial charge in [0, 0.05) is 0 Å². The molecule has 5 heteroatoms. The zero-order chi connectivity index (χ0) is 25.9. The molecule has 2 nitrogen and oxygen atoms in total. The number of rotatable bonds is 0. The van der Waals surface area contributed by atoms with Crippen molar-refractivity contribution in [3.05, 3.63) is 144 Å². The van der Waals surface area contributed by atoms with Gasteiger partial charge in [-0.25, -0.2) is 8.78 Å². The molecule has 0 aliphatic rings. The Morgan fingerprint density at radius 1 is 0.486 bits per heavy atom. The van der Waals surface area contributed by atoms with Gasteiger partial charge in [-0.2, -0.15) is 24.3 Å². The predicted octanol–water partition coefficient (Wildman–Crippen LogP) is 8.79. The number of aromatic hydroxyl groups is 2. The van der Waals surface area contributed by atoms with E-state index in [2.05, 4.69) is 86.6 Å². The van der Waals surface area contributed by atoms with Crippen LogP contribution in [0.5, 0.6) is 11.5 Å². The van der Waals surface area contributed by atoms with Gasteiger partial charge in [0.25, 0.3) is 0 Å². The fourth-order valence-electron chi connectivity index (χ4n) is 3.49. The van der Waals surface area contributed by atoms with E-state index in [1.165, 1.54) is 81.2 Å². The summed E-state index contributed by atoms with van der Waals surface area (Å²) in [5.41, 5.74) is 2.74. The number of phenols is 2. The molecule has 0 saturated carbocycles. The summed E-state index contributed by atoms with van der Waals surface area (Å²) >= 11 is 0. The van der Waals surface area contributed by atoms with Gasteiger partial charge >= 0.3 is 26.2 Å². The van der Waals surface area contributed by atoms with Crippen LogP contribution in [0.2, 0.25) is 0 Å². The van der Waals surface area contributed by atoms with Crippen LogP contribution < -0.4 is 0 Å². The Kier molecular flexibility index (Phi) is 11.9. The molecule has 0 spiro atoms. The average molecular weight is 574 g/mol. The summed E-state index contributed by atoms with van der Waals surface area (Å²) in [4.78, 5) is 0. The standard InChI is InChI=1S/2C10H9.2C6H5FO.Zr/c2*1-8-6-7-9-4-2-3-5-10(8)9;2*7-5-1-3-6(8)4-2-5;/h2*2-7H,1H3;2*1-4,8H;/q2*-1;;;+2. The number of hydrogen-bond donors (Lipinski definition) is 2. The second kappa shape index (κ2) is 14.9. The second-order valence-electron chi connectivity index (χ2n) is 8.16. The Hall–Kier alpha value is -3.56. The molecule has 37 heavy (non-hydrogen) atoms. The molecule has 0 radical (unpaired) electrons. The molecule has 2 N–H and O–H groups in total. The van der Waals surface area contributed by atoms with Crippen molar-refractivity contribution < 1.29 is 45.2 Å². The molecule has 0 bridgehead atoms. The summed E-state index contributed by atoms with van der Waals surface area (Å²) in [6.45, 7) is 4.28. The van der Waals surface area contributed by atoms with E-state index in [0.29, 0.717) is 0 Å². The number of benzene rings is 4. The van der Waals surface area contributed by atoms with Crippen LogP contribution in [0.15, 0.2) is 121 Å². The quantitative estimate of drug-likeness (QED) is 0.178. The Labute approximate surface area is 235 Å². The maximum atomic E-state index is 12.0. The van der Waals surface area contributed by atoms with E-state index in [-0.39, 0.29) is 49.3 Å². The Morgan fingerprint density at radius 3 is 1.11 bits per heavy atom. The zero-order valence-electron chi connectivity index (χ0n) is 20.7. The molecule has 0 aliphatic carbocycles. The van der Waals surface area contributed by atoms with Crippen LogP contribution in [0.25, 0.3) is 21.5 Å². The monoisotopic (exact) mass is 572 g/mol. The minimum absolute atomic E-state index is 0. The van der Waals surface area contributed by atoms with Gasteiger partial charge in [-0.1, -0.05) is 26.0 Å². The van der Waals surface area contributed by atoms with Crippen molar-refractivity contribution in [2.24, 2.45) is 0 Å². The third kappa shape index (κ3) is 9.44. The largest absolute Gasteiger partial charge is 2.00 e. The maximum absolute atomic E-state index is 12.0. The van der Waals surface area contributed by atoms with E-state index in [1.807, 2.05) is 0 Å². The summed E-state index contributed by atoms with van der Waals surface area (Å²) in [7, 11) is 0. The number of halogens is 2. The molecule has 0 unspecified atom stereocenters. The first-order valence-electron chi connectivity index (χ1n) is 11.4. The van der Waals surface area contributed by atoms with Gasteiger partial charge in [-0.3, -0.25) is 0 Å². The van der Waals surface area contributed by atoms with Crippen molar-refractivity contribution >= 4 is 21.5 Å². The van der Waals surface area contributed by atoms with Gasteiger partial charge in [0.1, 0.15) is 23.1 Å². The second-order valence-corrected chi connectivity index (χ2v) is 8.16. The van der Waals surface area contributed by atoms with Gasteiger partial charge in [0.15, 0.2) is 0 Å². The van der Waals surface area contributed by atoms with E-state index in [0.717, 1.165) is 0 Å². The third-order valence-corrected chi connectivity index (χ3v) is 5.45. The van der Waals surface area contributed by atoms with Crippen LogP contribution in [-0.4, -0.2) is 10.2 Å². The van der Waals surface area contributed by atoms with E-state index < -0.39 is 0 Å². The molecule has 186 valence electrons. The molecule has 0 amide bonds. The predicted molar refractivity (Wildman–Crippen MR) is 145 cm³/mol. The first-order chi connectivity index (χ1) is 17.3. The summed E-state index contributed by atoms with van der Waals surface area (Å²) in [5, 5.41) is 22.6. The van der Waals surface area contributed by atoms with E-state index >= 15 is 0 Å². The van der Waals surface area contributed by atoms with Crippen molar-refractivity contribution in [2.45, 2.75) is 13.8 Å². The maximum Gasteiger partial charge on any atom is 2.00 e. The average Bonchev–Trinajstić information content (AvgIpc) is 3.47. The summed E-state index contributed by atoms with van der Waals surface area (Å²) in [6.07, 6.45) is 0. The van der Waals surface area contributed by atoms with Crippen LogP contribution in [-0.2, 0) is 26.2 Å². The molecule has 0 aliphatic heterocycles. The zero-order valence-corrected chi connectivity index (χ0v) is 23.2. The van der Waals surface area contributed by atoms with Crippen LogP contribution in [0.3, 0.4) is 0 Å². The molecule has 6 rings (SSSR count). The van der Waals surface area contributed by atoms with Gasteiger partial charge in [0.2, 0.25) is 0 Å². The number of aryl methyl sites for hydroxylation is 2. The normalized spacial score (nSPS) is 9.62. The summed E-state index contributed by atoms with van der Waals surface area (Å²) in [6, 6.07) is 35.5. The van der Waals surface area contributed by atoms with Gasteiger partial charge in [0.05, 0.1) is 0 Å². The molecular weight excluding hydrogens is 546 g/mol. The van der Waals surface area contributed by atoms with Crippen LogP contribution in [0.4, 0.5) is 8.78 Å². The Morgan fingerprint density at radius 2 is 0.811 bits per heavy atom. The molecule has 0 heterocycles. The van der Waals surface area contributed by atoms with E-state index in [9.17, 15) is 8.78 Å². The van der Waals surface area contributed by atoms with Gasteiger partial charge < -0.3 is 10.2 Å². The minimum atomic E-state index is -0.331. The SMILES string of the molecule is C[c-]1ccc2ccccc21.C[c-]1ccc2ccccc21.Oc1ccc(F)cc1.Oc1ccc(F)cc1.[Zr+2]. The van der Waals surface area contributed by atoms with Crippen molar-refractivity contribution in [3.63, 3.8) is 0 Å². The van der Waals surface area contributed by atoms with E-state index in [1.54, 1.807) is 0 Å². The first kappa shape index (κ1) is 29.7. The number of hydrogen-bond acceptors (Lipinski definition) is 2. The fraction of sp³-hybridized carbons (Fsp3) is 0.0625. The Balaban J connectivity index is 0.000000173. The van der Waals surface area contributed by atoms with Crippen molar-refractivity contribution in [1.29, 1.82) is 0 Å². The molecule has 0 atom stereocenters. The van der Waals surface area contributed by atoms with Crippen molar-refractivity contribution in [1.82, 2.24) is 0 Å². The summed E-state index contributed by atoms with van der Waals surface area (Å²) < 4.78 is 24.0. The van der Waals surface area contributed by atoms with Crippen LogP contribution in [0, 0.1) is 25.5 Å². The first-order valence-corrected chi connectivity index (χ1v) is 11.4.